The van der Waals surface area contributed by atoms with Gasteiger partial charge in [0.1, 0.15) is 0 Å². The molecule has 1 aromatic rings. The van der Waals surface area contributed by atoms with Crippen molar-refractivity contribution in [3.8, 4) is 0 Å². The SMILES string of the molecule is CNc1ccc(C(=O)NC2CC(OC)C2)cc1C(F)(F)F. The van der Waals surface area contributed by atoms with Crippen LogP contribution in [0.5, 0.6) is 0 Å². The number of anilines is 1. The third kappa shape index (κ3) is 3.47. The lowest BCUT2D eigenvalue weighted by molar-refractivity contribution is -0.136. The fourth-order valence-electron chi connectivity index (χ4n) is 2.28. The highest BCUT2D eigenvalue weighted by Crippen LogP contribution is 2.35. The molecule has 1 saturated carbocycles. The molecule has 7 heteroatoms. The summed E-state index contributed by atoms with van der Waals surface area (Å²) in [7, 11) is 3.00. The molecular formula is C14H17F3N2O2. The maximum atomic E-state index is 12.9. The van der Waals surface area contributed by atoms with Crippen LogP contribution in [0.1, 0.15) is 28.8 Å². The van der Waals surface area contributed by atoms with Crippen molar-refractivity contribution in [3.05, 3.63) is 29.3 Å². The van der Waals surface area contributed by atoms with Gasteiger partial charge in [0.05, 0.1) is 11.7 Å². The first-order valence-corrected chi connectivity index (χ1v) is 6.57. The number of halogens is 3. The van der Waals surface area contributed by atoms with E-state index in [0.717, 1.165) is 6.07 Å². The Bertz CT molecular complexity index is 525. The van der Waals surface area contributed by atoms with Crippen molar-refractivity contribution in [1.29, 1.82) is 0 Å². The second-order valence-electron chi connectivity index (χ2n) is 5.01. The van der Waals surface area contributed by atoms with Crippen LogP contribution in [0.25, 0.3) is 0 Å². The van der Waals surface area contributed by atoms with E-state index in [4.69, 9.17) is 4.74 Å². The molecule has 1 fully saturated rings. The third-order valence-corrected chi connectivity index (χ3v) is 3.62. The first-order chi connectivity index (χ1) is 9.85. The van der Waals surface area contributed by atoms with Crippen LogP contribution in [0, 0.1) is 0 Å². The average Bonchev–Trinajstić information content (AvgIpc) is 2.40. The Morgan fingerprint density at radius 3 is 2.52 bits per heavy atom. The van der Waals surface area contributed by atoms with Gasteiger partial charge in [0.25, 0.3) is 5.91 Å². The molecule has 0 unspecified atom stereocenters. The summed E-state index contributed by atoms with van der Waals surface area (Å²) in [4.78, 5) is 12.0. The second-order valence-corrected chi connectivity index (χ2v) is 5.01. The minimum Gasteiger partial charge on any atom is -0.388 e. The van der Waals surface area contributed by atoms with Crippen molar-refractivity contribution in [3.63, 3.8) is 0 Å². The highest BCUT2D eigenvalue weighted by molar-refractivity contribution is 5.95. The number of amides is 1. The van der Waals surface area contributed by atoms with Crippen LogP contribution in [-0.4, -0.2) is 32.2 Å². The number of alkyl halides is 3. The number of nitrogens with one attached hydrogen (secondary N) is 2. The van der Waals surface area contributed by atoms with Gasteiger partial charge in [-0.1, -0.05) is 0 Å². The molecule has 4 nitrogen and oxygen atoms in total. The van der Waals surface area contributed by atoms with Crippen molar-refractivity contribution >= 4 is 11.6 Å². The van der Waals surface area contributed by atoms with E-state index in [2.05, 4.69) is 10.6 Å². The van der Waals surface area contributed by atoms with Crippen LogP contribution in [0.4, 0.5) is 18.9 Å². The Kier molecular flexibility index (Phi) is 4.41. The van der Waals surface area contributed by atoms with Crippen molar-refractivity contribution in [2.24, 2.45) is 0 Å². The highest BCUT2D eigenvalue weighted by atomic mass is 19.4. The molecule has 1 aliphatic rings. The molecule has 0 saturated heterocycles. The van der Waals surface area contributed by atoms with E-state index >= 15 is 0 Å². The number of hydrogen-bond donors (Lipinski definition) is 2. The molecular weight excluding hydrogens is 285 g/mol. The van der Waals surface area contributed by atoms with Crippen LogP contribution in [0.3, 0.4) is 0 Å². The summed E-state index contributed by atoms with van der Waals surface area (Å²) in [5.74, 6) is -0.497. The van der Waals surface area contributed by atoms with Crippen LogP contribution in [0.15, 0.2) is 18.2 Å². The number of hydrogen-bond acceptors (Lipinski definition) is 3. The molecule has 0 aromatic heterocycles. The average molecular weight is 302 g/mol. The van der Waals surface area contributed by atoms with Gasteiger partial charge >= 0.3 is 6.18 Å². The Morgan fingerprint density at radius 1 is 1.33 bits per heavy atom. The maximum Gasteiger partial charge on any atom is 0.418 e. The van der Waals surface area contributed by atoms with Crippen molar-refractivity contribution in [2.75, 3.05) is 19.5 Å². The molecule has 2 N–H and O–H groups in total. The van der Waals surface area contributed by atoms with Gasteiger partial charge in [-0.05, 0) is 31.0 Å². The first kappa shape index (κ1) is 15.6. The quantitative estimate of drug-likeness (QED) is 0.899. The minimum atomic E-state index is -4.51. The fraction of sp³-hybridized carbons (Fsp3) is 0.500. The van der Waals surface area contributed by atoms with Crippen LogP contribution in [-0.2, 0) is 10.9 Å². The summed E-state index contributed by atoms with van der Waals surface area (Å²) in [5, 5.41) is 5.18. The number of methoxy groups -OCH3 is 1. The zero-order valence-corrected chi connectivity index (χ0v) is 11.8. The fourth-order valence-corrected chi connectivity index (χ4v) is 2.28. The molecule has 1 aromatic carbocycles. The molecule has 0 radical (unpaired) electrons. The Labute approximate surface area is 120 Å². The third-order valence-electron chi connectivity index (χ3n) is 3.62. The van der Waals surface area contributed by atoms with E-state index < -0.39 is 17.6 Å². The highest BCUT2D eigenvalue weighted by Gasteiger charge is 2.35. The summed E-state index contributed by atoms with van der Waals surface area (Å²) in [6, 6.07) is 3.47. The molecule has 0 spiro atoms. The number of ether oxygens (including phenoxy) is 1. The lowest BCUT2D eigenvalue weighted by atomic mass is 9.89. The van der Waals surface area contributed by atoms with Crippen LogP contribution >= 0.6 is 0 Å². The predicted octanol–water partition coefficient (Wildman–Crippen LogP) is 2.65. The maximum absolute atomic E-state index is 12.9. The molecule has 2 rings (SSSR count). The van der Waals surface area contributed by atoms with Crippen LogP contribution in [0.2, 0.25) is 0 Å². The lowest BCUT2D eigenvalue weighted by Gasteiger charge is -2.34. The van der Waals surface area contributed by atoms with Crippen molar-refractivity contribution in [2.45, 2.75) is 31.2 Å². The van der Waals surface area contributed by atoms with Gasteiger partial charge in [-0.3, -0.25) is 4.79 Å². The van der Waals surface area contributed by atoms with Crippen molar-refractivity contribution < 1.29 is 22.7 Å². The predicted molar refractivity (Wildman–Crippen MR) is 72.3 cm³/mol. The standard InChI is InChI=1S/C14H17F3N2O2/c1-18-12-4-3-8(5-11(12)14(15,16)17)13(20)19-9-6-10(7-9)21-2/h3-5,9-10,18H,6-7H2,1-2H3,(H,19,20). The van der Waals surface area contributed by atoms with E-state index in [9.17, 15) is 18.0 Å². The zero-order valence-electron chi connectivity index (χ0n) is 11.8. The molecule has 1 amide bonds. The molecule has 116 valence electrons. The van der Waals surface area contributed by atoms with Gasteiger partial charge in [-0.15, -0.1) is 0 Å². The molecule has 0 bridgehead atoms. The summed E-state index contributed by atoms with van der Waals surface area (Å²) in [6.07, 6.45) is -3.02. The van der Waals surface area contributed by atoms with Gasteiger partial charge < -0.3 is 15.4 Å². The Balaban J connectivity index is 2.11. The number of rotatable bonds is 4. The van der Waals surface area contributed by atoms with E-state index in [1.54, 1.807) is 7.11 Å². The lowest BCUT2D eigenvalue weighted by Crippen LogP contribution is -2.47. The smallest absolute Gasteiger partial charge is 0.388 e. The minimum absolute atomic E-state index is 0.00203. The molecule has 0 atom stereocenters. The largest absolute Gasteiger partial charge is 0.418 e. The molecule has 0 heterocycles. The van der Waals surface area contributed by atoms with Gasteiger partial charge in [-0.25, -0.2) is 0 Å². The van der Waals surface area contributed by atoms with Gasteiger partial charge in [0.2, 0.25) is 0 Å². The number of carbonyl (C=O) groups is 1. The van der Waals surface area contributed by atoms with Crippen molar-refractivity contribution in [1.82, 2.24) is 5.32 Å². The molecule has 0 aliphatic heterocycles. The molecule has 21 heavy (non-hydrogen) atoms. The summed E-state index contributed by atoms with van der Waals surface area (Å²) >= 11 is 0. The summed E-state index contributed by atoms with van der Waals surface area (Å²) < 4.78 is 43.9. The van der Waals surface area contributed by atoms with E-state index in [1.807, 2.05) is 0 Å². The van der Waals surface area contributed by atoms with E-state index in [0.29, 0.717) is 12.8 Å². The Hall–Kier alpha value is -1.76. The van der Waals surface area contributed by atoms with Gasteiger partial charge in [0.15, 0.2) is 0 Å². The number of benzene rings is 1. The summed E-state index contributed by atoms with van der Waals surface area (Å²) in [6.45, 7) is 0. The van der Waals surface area contributed by atoms with Crippen LogP contribution < -0.4 is 10.6 Å². The van der Waals surface area contributed by atoms with E-state index in [1.165, 1.54) is 19.2 Å². The van der Waals surface area contributed by atoms with E-state index in [-0.39, 0.29) is 23.4 Å². The number of carbonyl (C=O) groups excluding carboxylic acids is 1. The second kappa shape index (κ2) is 5.93. The summed E-state index contributed by atoms with van der Waals surface area (Å²) in [5.41, 5.74) is -0.898. The van der Waals surface area contributed by atoms with Gasteiger partial charge in [-0.2, -0.15) is 13.2 Å². The molecule has 1 aliphatic carbocycles. The topological polar surface area (TPSA) is 50.4 Å². The zero-order chi connectivity index (χ0) is 15.6. The monoisotopic (exact) mass is 302 g/mol. The Morgan fingerprint density at radius 2 is 2.00 bits per heavy atom. The normalized spacial score (nSPS) is 21.6. The van der Waals surface area contributed by atoms with Gasteiger partial charge in [0, 0.05) is 31.5 Å². The first-order valence-electron chi connectivity index (χ1n) is 6.57.